The zero-order valence-corrected chi connectivity index (χ0v) is 38.4. The Morgan fingerprint density at radius 3 is 0.706 bits per heavy atom. The number of carboxylic acids is 2. The second kappa shape index (κ2) is 21.3. The molecule has 0 spiro atoms. The maximum atomic E-state index is 11.0. The fourth-order valence-corrected chi connectivity index (χ4v) is 12.0. The summed E-state index contributed by atoms with van der Waals surface area (Å²) in [5.41, 5.74) is 0.834. The average molecular weight is 1600 g/mol. The Labute approximate surface area is 334 Å². The molecule has 0 heterocycles. The SMILES string of the molecule is CCO.CCO.O=C(O)c1c(I)c(I)c(I)c(I)c1I.O=C(O)c1c(I)c(I)c(I)c(I)c1I. The zero-order valence-electron chi connectivity index (χ0n) is 16.8. The summed E-state index contributed by atoms with van der Waals surface area (Å²) < 4.78 is 9.63. The molecule has 2 aromatic carbocycles. The molecule has 0 fully saturated rings. The lowest BCUT2D eigenvalue weighted by molar-refractivity contribution is 0.0683. The van der Waals surface area contributed by atoms with E-state index in [2.05, 4.69) is 226 Å². The summed E-state index contributed by atoms with van der Waals surface area (Å²) in [4.78, 5) is 22.1. The van der Waals surface area contributed by atoms with Gasteiger partial charge in [-0.1, -0.05) is 0 Å². The predicted octanol–water partition coefficient (Wildman–Crippen LogP) is 8.81. The van der Waals surface area contributed by atoms with Crippen LogP contribution in [0.25, 0.3) is 0 Å². The minimum Gasteiger partial charge on any atom is -0.478 e. The van der Waals surface area contributed by atoms with Crippen molar-refractivity contribution in [1.82, 2.24) is 0 Å². The van der Waals surface area contributed by atoms with Gasteiger partial charge in [-0.3, -0.25) is 0 Å². The molecule has 0 aliphatic carbocycles. The number of aliphatic hydroxyl groups excluding tert-OH is 2. The number of carboxylic acid groups (broad SMARTS) is 2. The number of hydrogen-bond donors (Lipinski definition) is 4. The molecule has 0 atom stereocenters. The van der Waals surface area contributed by atoms with Gasteiger partial charge < -0.3 is 20.4 Å². The van der Waals surface area contributed by atoms with Gasteiger partial charge in [0.2, 0.25) is 0 Å². The van der Waals surface area contributed by atoms with Crippen LogP contribution in [0.3, 0.4) is 0 Å². The van der Waals surface area contributed by atoms with Crippen molar-refractivity contribution >= 4 is 238 Å². The molecule has 34 heavy (non-hydrogen) atoms. The number of hydrogen-bond acceptors (Lipinski definition) is 4. The average Bonchev–Trinajstić information content (AvgIpc) is 2.75. The van der Waals surface area contributed by atoms with Crippen LogP contribution in [-0.2, 0) is 0 Å². The van der Waals surface area contributed by atoms with Crippen LogP contribution in [0.5, 0.6) is 0 Å². The van der Waals surface area contributed by atoms with Gasteiger partial charge in [0.15, 0.2) is 0 Å². The van der Waals surface area contributed by atoms with E-state index in [4.69, 9.17) is 20.4 Å². The van der Waals surface area contributed by atoms with Gasteiger partial charge in [0.25, 0.3) is 0 Å². The van der Waals surface area contributed by atoms with Gasteiger partial charge >= 0.3 is 11.9 Å². The molecule has 4 N–H and O–H groups in total. The Hall–Kier alpha value is 4.60. The molecule has 0 amide bonds. The molecule has 0 radical (unpaired) electrons. The Kier molecular flexibility index (Phi) is 25.6. The summed E-state index contributed by atoms with van der Waals surface area (Å²) in [5, 5.41) is 33.3. The van der Waals surface area contributed by atoms with Gasteiger partial charge in [-0.15, -0.1) is 0 Å². The van der Waals surface area contributed by atoms with E-state index >= 15 is 0 Å². The Balaban J connectivity index is 0. The van der Waals surface area contributed by atoms with Gasteiger partial charge in [0.05, 0.1) is 11.1 Å². The lowest BCUT2D eigenvalue weighted by Gasteiger charge is -2.10. The second-order valence-electron chi connectivity index (χ2n) is 5.13. The number of rotatable bonds is 2. The fourth-order valence-electron chi connectivity index (χ4n) is 1.59. The maximum absolute atomic E-state index is 11.0. The molecule has 0 saturated heterocycles. The molecular weight excluding hydrogens is 1580 g/mol. The molecule has 2 rings (SSSR count). The maximum Gasteiger partial charge on any atom is 0.337 e. The molecule has 0 bridgehead atoms. The van der Waals surface area contributed by atoms with Crippen LogP contribution < -0.4 is 0 Å². The lowest BCUT2D eigenvalue weighted by atomic mass is 10.2. The number of halogens is 10. The van der Waals surface area contributed by atoms with E-state index < -0.39 is 11.9 Å². The van der Waals surface area contributed by atoms with Crippen LogP contribution in [0.4, 0.5) is 0 Å². The molecule has 0 aromatic heterocycles. The molecule has 0 saturated carbocycles. The van der Waals surface area contributed by atoms with Crippen molar-refractivity contribution in [3.05, 3.63) is 46.8 Å². The zero-order chi connectivity index (χ0) is 27.5. The van der Waals surface area contributed by atoms with Crippen molar-refractivity contribution in [2.75, 3.05) is 13.2 Å². The fraction of sp³-hybridized carbons (Fsp3) is 0.222. The lowest BCUT2D eigenvalue weighted by Crippen LogP contribution is -2.08. The molecule has 0 aliphatic heterocycles. The van der Waals surface area contributed by atoms with Crippen molar-refractivity contribution in [2.24, 2.45) is 0 Å². The molecule has 2 aromatic rings. The van der Waals surface area contributed by atoms with Crippen LogP contribution in [0.15, 0.2) is 0 Å². The van der Waals surface area contributed by atoms with Crippen LogP contribution in [-0.4, -0.2) is 45.6 Å². The van der Waals surface area contributed by atoms with Crippen molar-refractivity contribution in [3.63, 3.8) is 0 Å². The summed E-state index contributed by atoms with van der Waals surface area (Å²) >= 11 is 21.6. The van der Waals surface area contributed by atoms with E-state index in [1.807, 2.05) is 0 Å². The van der Waals surface area contributed by atoms with Gasteiger partial charge in [-0.05, 0) is 240 Å². The van der Waals surface area contributed by atoms with Crippen LogP contribution >= 0.6 is 226 Å². The monoisotopic (exact) mass is 1600 g/mol. The van der Waals surface area contributed by atoms with Crippen molar-refractivity contribution in [1.29, 1.82) is 0 Å². The summed E-state index contributed by atoms with van der Waals surface area (Å²) in [6.07, 6.45) is 0. The molecular formula is C18H14I10O6. The van der Waals surface area contributed by atoms with E-state index in [-0.39, 0.29) is 13.2 Å². The van der Waals surface area contributed by atoms with Crippen LogP contribution in [0, 0.1) is 35.7 Å². The van der Waals surface area contributed by atoms with Gasteiger partial charge in [-0.25, -0.2) is 9.59 Å². The van der Waals surface area contributed by atoms with Crippen LogP contribution in [0.1, 0.15) is 34.6 Å². The topological polar surface area (TPSA) is 115 Å². The van der Waals surface area contributed by atoms with E-state index in [0.717, 1.165) is 35.7 Å². The molecule has 16 heteroatoms. The largest absolute Gasteiger partial charge is 0.478 e. The molecule has 0 aliphatic rings. The minimum atomic E-state index is -0.856. The quantitative estimate of drug-likeness (QED) is 0.136. The Morgan fingerprint density at radius 2 is 0.588 bits per heavy atom. The van der Waals surface area contributed by atoms with Crippen molar-refractivity contribution < 1.29 is 30.0 Å². The standard InChI is InChI=1S/2C7HI5O2.2C2H6O/c2*8-2-1(7(13)14)3(9)5(11)6(12)4(2)10;2*1-2-3/h2*(H,13,14);2*3H,2H2,1H3. The summed E-state index contributed by atoms with van der Waals surface area (Å²) in [6.45, 7) is 3.86. The van der Waals surface area contributed by atoms with E-state index in [1.165, 1.54) is 0 Å². The summed E-state index contributed by atoms with van der Waals surface area (Å²) in [6, 6.07) is 0. The first-order valence-corrected chi connectivity index (χ1v) is 19.1. The Morgan fingerprint density at radius 1 is 0.471 bits per heavy atom. The third-order valence-electron chi connectivity index (χ3n) is 2.85. The highest BCUT2D eigenvalue weighted by Gasteiger charge is 2.22. The van der Waals surface area contributed by atoms with Gasteiger partial charge in [0.1, 0.15) is 0 Å². The smallest absolute Gasteiger partial charge is 0.337 e. The van der Waals surface area contributed by atoms with Crippen molar-refractivity contribution in [3.8, 4) is 0 Å². The van der Waals surface area contributed by atoms with E-state index in [0.29, 0.717) is 11.1 Å². The first-order valence-electron chi connectivity index (χ1n) is 8.29. The number of aromatic carboxylic acids is 2. The minimum absolute atomic E-state index is 0.250. The third-order valence-corrected chi connectivity index (χ3v) is 21.9. The van der Waals surface area contributed by atoms with Crippen LogP contribution in [0.2, 0.25) is 0 Å². The highest BCUT2D eigenvalue weighted by Crippen LogP contribution is 2.34. The van der Waals surface area contributed by atoms with Gasteiger partial charge in [0, 0.05) is 48.9 Å². The van der Waals surface area contributed by atoms with Crippen molar-refractivity contribution in [2.45, 2.75) is 13.8 Å². The highest BCUT2D eigenvalue weighted by molar-refractivity contribution is 14.1. The van der Waals surface area contributed by atoms with Gasteiger partial charge in [-0.2, -0.15) is 0 Å². The number of carbonyl (C=O) groups is 2. The second-order valence-corrected chi connectivity index (χ2v) is 15.9. The highest BCUT2D eigenvalue weighted by atomic mass is 127. The summed E-state index contributed by atoms with van der Waals surface area (Å²) in [7, 11) is 0. The van der Waals surface area contributed by atoms with E-state index in [1.54, 1.807) is 13.8 Å². The number of aliphatic hydroxyl groups is 2. The Bertz CT molecular complexity index is 890. The number of benzene rings is 2. The summed E-state index contributed by atoms with van der Waals surface area (Å²) in [5.74, 6) is -1.71. The predicted molar refractivity (Wildman–Crippen MR) is 219 cm³/mol. The third kappa shape index (κ3) is 12.6. The molecule has 6 nitrogen and oxygen atoms in total. The first kappa shape index (κ1) is 40.7. The molecule has 0 unspecified atom stereocenters. The first-order chi connectivity index (χ1) is 15.6. The normalized spacial score (nSPS) is 9.59. The molecule has 192 valence electrons. The van der Waals surface area contributed by atoms with E-state index in [9.17, 15) is 9.59 Å².